The van der Waals surface area contributed by atoms with E-state index >= 15 is 0 Å². The van der Waals surface area contributed by atoms with Crippen LogP contribution >= 0.6 is 15.9 Å². The molecule has 24 heavy (non-hydrogen) atoms. The molecule has 0 unspecified atom stereocenters. The predicted octanol–water partition coefficient (Wildman–Crippen LogP) is 4.09. The number of fused-ring (bicyclic) bond motifs is 1. The van der Waals surface area contributed by atoms with E-state index in [1.807, 2.05) is 49.4 Å². The lowest BCUT2D eigenvalue weighted by Gasteiger charge is -2.08. The van der Waals surface area contributed by atoms with Crippen molar-refractivity contribution in [3.05, 3.63) is 74.0 Å². The van der Waals surface area contributed by atoms with E-state index in [0.29, 0.717) is 5.56 Å². The van der Waals surface area contributed by atoms with Gasteiger partial charge in [0, 0.05) is 21.2 Å². The quantitative estimate of drug-likeness (QED) is 0.714. The van der Waals surface area contributed by atoms with Crippen molar-refractivity contribution in [3.8, 4) is 0 Å². The van der Waals surface area contributed by atoms with Crippen LogP contribution in [0.15, 0.2) is 51.7 Å². The van der Waals surface area contributed by atoms with Crippen LogP contribution in [-0.2, 0) is 11.2 Å². The summed E-state index contributed by atoms with van der Waals surface area (Å²) in [5.41, 5.74) is 4.10. The smallest absolute Gasteiger partial charge is 0.251 e. The van der Waals surface area contributed by atoms with Gasteiger partial charge < -0.3 is 10.3 Å². The number of H-pyrrole nitrogens is 1. The molecular formula is C19H17BrN2O2. The zero-order valence-corrected chi connectivity index (χ0v) is 15.0. The van der Waals surface area contributed by atoms with Gasteiger partial charge in [-0.3, -0.25) is 9.59 Å². The topological polar surface area (TPSA) is 62.0 Å². The molecule has 0 bridgehead atoms. The molecule has 3 aromatic rings. The van der Waals surface area contributed by atoms with Gasteiger partial charge in [-0.05, 0) is 66.8 Å². The largest absolute Gasteiger partial charge is 0.326 e. The Balaban J connectivity index is 1.80. The number of benzene rings is 2. The first-order valence-corrected chi connectivity index (χ1v) is 8.39. The number of aromatic amines is 1. The van der Waals surface area contributed by atoms with Crippen LogP contribution in [0.5, 0.6) is 0 Å². The Morgan fingerprint density at radius 2 is 1.92 bits per heavy atom. The molecule has 0 saturated heterocycles. The standard InChI is InChI=1S/C19H17BrN2O2/c1-11-5-15(20)10-16(6-11)21-18(23)9-13-3-4-17-14(8-13)7-12(2)19(24)22-17/h3-8,10H,9H2,1-2H3,(H,21,23)(H,22,24). The Kier molecular flexibility index (Phi) is 4.53. The molecule has 0 aliphatic rings. The number of aryl methyl sites for hydroxylation is 2. The number of aromatic nitrogens is 1. The van der Waals surface area contributed by atoms with Gasteiger partial charge in [-0.2, -0.15) is 0 Å². The van der Waals surface area contributed by atoms with Gasteiger partial charge in [0.05, 0.1) is 6.42 Å². The monoisotopic (exact) mass is 384 g/mol. The number of hydrogen-bond acceptors (Lipinski definition) is 2. The molecule has 0 fully saturated rings. The van der Waals surface area contributed by atoms with E-state index in [4.69, 9.17) is 0 Å². The Hall–Kier alpha value is -2.40. The molecule has 1 amide bonds. The van der Waals surface area contributed by atoms with Gasteiger partial charge in [0.25, 0.3) is 5.56 Å². The predicted molar refractivity (Wildman–Crippen MR) is 101 cm³/mol. The van der Waals surface area contributed by atoms with Crippen molar-refractivity contribution in [2.24, 2.45) is 0 Å². The second-order valence-electron chi connectivity index (χ2n) is 5.95. The van der Waals surface area contributed by atoms with Crippen molar-refractivity contribution < 1.29 is 4.79 Å². The van der Waals surface area contributed by atoms with Gasteiger partial charge in [-0.15, -0.1) is 0 Å². The summed E-state index contributed by atoms with van der Waals surface area (Å²) >= 11 is 3.43. The van der Waals surface area contributed by atoms with Crippen LogP contribution in [0.25, 0.3) is 10.9 Å². The summed E-state index contributed by atoms with van der Waals surface area (Å²) in [6, 6.07) is 13.3. The van der Waals surface area contributed by atoms with Crippen molar-refractivity contribution in [3.63, 3.8) is 0 Å². The SMILES string of the molecule is Cc1cc(Br)cc(NC(=O)Cc2ccc3[nH]c(=O)c(C)cc3c2)c1. The molecule has 122 valence electrons. The minimum Gasteiger partial charge on any atom is -0.326 e. The average Bonchev–Trinajstić information content (AvgIpc) is 2.47. The Labute approximate surface area is 148 Å². The maximum atomic E-state index is 12.3. The third kappa shape index (κ3) is 3.74. The molecule has 1 aromatic heterocycles. The Morgan fingerprint density at radius 3 is 2.67 bits per heavy atom. The average molecular weight is 385 g/mol. The maximum Gasteiger partial charge on any atom is 0.251 e. The summed E-state index contributed by atoms with van der Waals surface area (Å²) in [4.78, 5) is 26.7. The molecule has 3 rings (SSSR count). The molecule has 2 N–H and O–H groups in total. The minimum atomic E-state index is -0.0852. The van der Waals surface area contributed by atoms with Crippen LogP contribution in [0.2, 0.25) is 0 Å². The van der Waals surface area contributed by atoms with Crippen molar-refractivity contribution >= 4 is 38.4 Å². The van der Waals surface area contributed by atoms with Crippen molar-refractivity contribution in [1.29, 1.82) is 0 Å². The summed E-state index contributed by atoms with van der Waals surface area (Å²) in [5, 5.41) is 3.84. The third-order valence-electron chi connectivity index (χ3n) is 3.78. The lowest BCUT2D eigenvalue weighted by Crippen LogP contribution is -2.14. The second kappa shape index (κ2) is 6.61. The maximum absolute atomic E-state index is 12.3. The highest BCUT2D eigenvalue weighted by molar-refractivity contribution is 9.10. The fraction of sp³-hybridized carbons (Fsp3) is 0.158. The highest BCUT2D eigenvalue weighted by atomic mass is 79.9. The number of amides is 1. The van der Waals surface area contributed by atoms with E-state index in [0.717, 1.165) is 32.2 Å². The molecule has 0 saturated carbocycles. The zero-order chi connectivity index (χ0) is 17.3. The minimum absolute atomic E-state index is 0.0759. The highest BCUT2D eigenvalue weighted by Gasteiger charge is 2.07. The highest BCUT2D eigenvalue weighted by Crippen LogP contribution is 2.20. The number of carbonyl (C=O) groups excluding carboxylic acids is 1. The van der Waals surface area contributed by atoms with E-state index in [1.165, 1.54) is 0 Å². The fourth-order valence-corrected chi connectivity index (χ4v) is 3.28. The summed E-state index contributed by atoms with van der Waals surface area (Å²) in [6.45, 7) is 3.75. The van der Waals surface area contributed by atoms with Gasteiger partial charge in [-0.25, -0.2) is 0 Å². The first kappa shape index (κ1) is 16.5. The lowest BCUT2D eigenvalue weighted by molar-refractivity contribution is -0.115. The van der Waals surface area contributed by atoms with E-state index in [9.17, 15) is 9.59 Å². The Morgan fingerprint density at radius 1 is 1.12 bits per heavy atom. The van der Waals surface area contributed by atoms with Gasteiger partial charge in [-0.1, -0.05) is 22.0 Å². The number of carbonyl (C=O) groups is 1. The summed E-state index contributed by atoms with van der Waals surface area (Å²) in [7, 11) is 0. The molecule has 0 aliphatic heterocycles. The first-order valence-electron chi connectivity index (χ1n) is 7.60. The summed E-state index contributed by atoms with van der Waals surface area (Å²) in [6.07, 6.45) is 0.277. The molecule has 1 heterocycles. The number of hydrogen-bond donors (Lipinski definition) is 2. The molecule has 0 spiro atoms. The lowest BCUT2D eigenvalue weighted by atomic mass is 10.1. The van der Waals surface area contributed by atoms with E-state index in [2.05, 4.69) is 26.2 Å². The molecule has 5 heteroatoms. The van der Waals surface area contributed by atoms with E-state index < -0.39 is 0 Å². The Bertz CT molecular complexity index is 972. The van der Waals surface area contributed by atoms with Crippen LogP contribution in [0, 0.1) is 13.8 Å². The van der Waals surface area contributed by atoms with Gasteiger partial charge >= 0.3 is 0 Å². The summed E-state index contributed by atoms with van der Waals surface area (Å²) < 4.78 is 0.933. The number of nitrogens with one attached hydrogen (secondary N) is 2. The van der Waals surface area contributed by atoms with Crippen LogP contribution in [-0.4, -0.2) is 10.9 Å². The number of halogens is 1. The molecule has 2 aromatic carbocycles. The van der Waals surface area contributed by atoms with Crippen LogP contribution in [0.1, 0.15) is 16.7 Å². The van der Waals surface area contributed by atoms with E-state index in [1.54, 1.807) is 6.92 Å². The zero-order valence-electron chi connectivity index (χ0n) is 13.4. The number of rotatable bonds is 3. The van der Waals surface area contributed by atoms with Crippen LogP contribution in [0.4, 0.5) is 5.69 Å². The third-order valence-corrected chi connectivity index (χ3v) is 4.24. The van der Waals surface area contributed by atoms with E-state index in [-0.39, 0.29) is 17.9 Å². The van der Waals surface area contributed by atoms with Crippen LogP contribution in [0.3, 0.4) is 0 Å². The van der Waals surface area contributed by atoms with Gasteiger partial charge in [0.15, 0.2) is 0 Å². The number of anilines is 1. The number of pyridine rings is 1. The summed E-state index contributed by atoms with van der Waals surface area (Å²) in [5.74, 6) is -0.0759. The molecule has 0 aliphatic carbocycles. The first-order chi connectivity index (χ1) is 11.4. The van der Waals surface area contributed by atoms with Crippen molar-refractivity contribution in [2.75, 3.05) is 5.32 Å². The van der Waals surface area contributed by atoms with Crippen molar-refractivity contribution in [1.82, 2.24) is 4.98 Å². The second-order valence-corrected chi connectivity index (χ2v) is 6.86. The molecular weight excluding hydrogens is 368 g/mol. The molecule has 0 atom stereocenters. The molecule has 0 radical (unpaired) electrons. The fourth-order valence-electron chi connectivity index (χ4n) is 2.67. The van der Waals surface area contributed by atoms with Gasteiger partial charge in [0.1, 0.15) is 0 Å². The van der Waals surface area contributed by atoms with Crippen LogP contribution < -0.4 is 10.9 Å². The normalized spacial score (nSPS) is 10.8. The van der Waals surface area contributed by atoms with Gasteiger partial charge in [0.2, 0.25) is 5.91 Å². The van der Waals surface area contributed by atoms with Crippen molar-refractivity contribution in [2.45, 2.75) is 20.3 Å². The molecule has 4 nitrogen and oxygen atoms in total.